The number of pyridine rings is 2. The van der Waals surface area contributed by atoms with Gasteiger partial charge in [-0.15, -0.1) is 0 Å². The Labute approximate surface area is 126 Å². The van der Waals surface area contributed by atoms with E-state index in [0.29, 0.717) is 22.5 Å². The number of aromatic nitrogens is 2. The fourth-order valence-electron chi connectivity index (χ4n) is 1.87. The Balaban J connectivity index is 1.85. The summed E-state index contributed by atoms with van der Waals surface area (Å²) in [4.78, 5) is 8.31. The van der Waals surface area contributed by atoms with Crippen molar-refractivity contribution in [1.29, 1.82) is 0 Å². The van der Waals surface area contributed by atoms with Gasteiger partial charge in [-0.05, 0) is 12.1 Å². The summed E-state index contributed by atoms with van der Waals surface area (Å²) in [5.41, 5.74) is 1.69. The van der Waals surface area contributed by atoms with Gasteiger partial charge < -0.3 is 4.74 Å². The molecule has 0 spiro atoms. The van der Waals surface area contributed by atoms with Crippen LogP contribution in [-0.2, 0) is 6.61 Å². The molecule has 2 heterocycles. The highest BCUT2D eigenvalue weighted by Gasteiger charge is 2.06. The molecule has 0 amide bonds. The Kier molecular flexibility index (Phi) is 3.72. The van der Waals surface area contributed by atoms with Crippen molar-refractivity contribution < 1.29 is 4.74 Å². The van der Waals surface area contributed by atoms with Crippen LogP contribution in [0.2, 0.25) is 10.2 Å². The molecule has 0 aliphatic heterocycles. The molecular weight excluding hydrogens is 295 g/mol. The molecule has 3 rings (SSSR count). The summed E-state index contributed by atoms with van der Waals surface area (Å²) in [7, 11) is 0. The molecule has 0 aliphatic rings. The fourth-order valence-corrected chi connectivity index (χ4v) is 2.23. The Morgan fingerprint density at radius 2 is 1.90 bits per heavy atom. The van der Waals surface area contributed by atoms with Gasteiger partial charge >= 0.3 is 0 Å². The van der Waals surface area contributed by atoms with Gasteiger partial charge in [-0.3, -0.25) is 4.98 Å². The van der Waals surface area contributed by atoms with Gasteiger partial charge in [0.25, 0.3) is 0 Å². The molecular formula is C15H10Cl2N2O. The second-order valence-electron chi connectivity index (χ2n) is 4.26. The third-order valence-corrected chi connectivity index (χ3v) is 3.36. The zero-order valence-electron chi connectivity index (χ0n) is 10.4. The van der Waals surface area contributed by atoms with Crippen LogP contribution < -0.4 is 4.74 Å². The first-order chi connectivity index (χ1) is 9.72. The van der Waals surface area contributed by atoms with Gasteiger partial charge in [0.15, 0.2) is 0 Å². The zero-order valence-corrected chi connectivity index (χ0v) is 11.9. The van der Waals surface area contributed by atoms with Gasteiger partial charge in [0.2, 0.25) is 0 Å². The maximum absolute atomic E-state index is 6.17. The standard InChI is InChI=1S/C15H10Cl2N2O/c16-12-6-13(8-18-7-12)20-9-11-5-10-3-1-2-4-14(10)19-15(11)17/h1-8H,9H2. The Bertz CT molecular complexity index is 762. The first-order valence-electron chi connectivity index (χ1n) is 6.00. The van der Waals surface area contributed by atoms with Crippen LogP contribution in [0, 0.1) is 0 Å². The predicted molar refractivity (Wildman–Crippen MR) is 80.3 cm³/mol. The number of halogens is 2. The summed E-state index contributed by atoms with van der Waals surface area (Å²) >= 11 is 12.0. The van der Waals surface area contributed by atoms with E-state index in [2.05, 4.69) is 9.97 Å². The number of ether oxygens (including phenoxy) is 1. The lowest BCUT2D eigenvalue weighted by Gasteiger charge is -2.08. The molecule has 100 valence electrons. The minimum absolute atomic E-state index is 0.318. The quantitative estimate of drug-likeness (QED) is 0.668. The van der Waals surface area contributed by atoms with Gasteiger partial charge in [0.1, 0.15) is 17.5 Å². The van der Waals surface area contributed by atoms with Crippen molar-refractivity contribution in [2.45, 2.75) is 6.61 Å². The molecule has 5 heteroatoms. The molecule has 2 aromatic heterocycles. The van der Waals surface area contributed by atoms with E-state index in [9.17, 15) is 0 Å². The van der Waals surface area contributed by atoms with Crippen LogP contribution >= 0.6 is 23.2 Å². The van der Waals surface area contributed by atoms with Crippen LogP contribution in [0.25, 0.3) is 10.9 Å². The predicted octanol–water partition coefficient (Wildman–Crippen LogP) is 4.52. The summed E-state index contributed by atoms with van der Waals surface area (Å²) in [6.07, 6.45) is 3.16. The lowest BCUT2D eigenvalue weighted by molar-refractivity contribution is 0.305. The maximum Gasteiger partial charge on any atom is 0.139 e. The molecule has 3 nitrogen and oxygen atoms in total. The summed E-state index contributed by atoms with van der Waals surface area (Å²) in [5, 5.41) is 2.00. The number of para-hydroxylation sites is 1. The van der Waals surface area contributed by atoms with Crippen molar-refractivity contribution in [3.63, 3.8) is 0 Å². The van der Waals surface area contributed by atoms with Gasteiger partial charge in [-0.25, -0.2) is 4.98 Å². The Hall–Kier alpha value is -1.84. The Morgan fingerprint density at radius 1 is 1.05 bits per heavy atom. The SMILES string of the molecule is Clc1cncc(OCc2cc3ccccc3nc2Cl)c1. The largest absolute Gasteiger partial charge is 0.487 e. The number of hydrogen-bond acceptors (Lipinski definition) is 3. The molecule has 20 heavy (non-hydrogen) atoms. The molecule has 0 saturated carbocycles. The van der Waals surface area contributed by atoms with Crippen molar-refractivity contribution in [3.05, 3.63) is 64.5 Å². The lowest BCUT2D eigenvalue weighted by Crippen LogP contribution is -1.98. The third-order valence-electron chi connectivity index (χ3n) is 2.82. The zero-order chi connectivity index (χ0) is 13.9. The summed E-state index contributed by atoms with van der Waals surface area (Å²) < 4.78 is 5.63. The highest BCUT2D eigenvalue weighted by Crippen LogP contribution is 2.22. The first-order valence-corrected chi connectivity index (χ1v) is 6.75. The topological polar surface area (TPSA) is 35.0 Å². The van der Waals surface area contributed by atoms with E-state index < -0.39 is 0 Å². The van der Waals surface area contributed by atoms with E-state index in [1.54, 1.807) is 18.5 Å². The number of rotatable bonds is 3. The van der Waals surface area contributed by atoms with Crippen LogP contribution in [0.15, 0.2) is 48.8 Å². The maximum atomic E-state index is 6.17. The van der Waals surface area contributed by atoms with Crippen molar-refractivity contribution in [2.75, 3.05) is 0 Å². The molecule has 0 unspecified atom stereocenters. The summed E-state index contributed by atoms with van der Waals surface area (Å²) in [6.45, 7) is 0.318. The van der Waals surface area contributed by atoms with Crippen LogP contribution in [0.3, 0.4) is 0 Å². The minimum atomic E-state index is 0.318. The average Bonchev–Trinajstić information content (AvgIpc) is 2.45. The van der Waals surface area contributed by atoms with Crippen molar-refractivity contribution in [3.8, 4) is 5.75 Å². The van der Waals surface area contributed by atoms with E-state index in [4.69, 9.17) is 27.9 Å². The van der Waals surface area contributed by atoms with Crippen molar-refractivity contribution in [1.82, 2.24) is 9.97 Å². The number of benzene rings is 1. The summed E-state index contributed by atoms with van der Waals surface area (Å²) in [5.74, 6) is 0.599. The van der Waals surface area contributed by atoms with Gasteiger partial charge in [0.05, 0.1) is 16.7 Å². The monoisotopic (exact) mass is 304 g/mol. The highest BCUT2D eigenvalue weighted by molar-refractivity contribution is 6.30. The molecule has 1 aromatic carbocycles. The fraction of sp³-hybridized carbons (Fsp3) is 0.0667. The van der Waals surface area contributed by atoms with Crippen LogP contribution in [0.4, 0.5) is 0 Å². The van der Waals surface area contributed by atoms with Crippen molar-refractivity contribution in [2.24, 2.45) is 0 Å². The van der Waals surface area contributed by atoms with Crippen LogP contribution in [0.5, 0.6) is 5.75 Å². The highest BCUT2D eigenvalue weighted by atomic mass is 35.5. The molecule has 0 radical (unpaired) electrons. The van der Waals surface area contributed by atoms with Gasteiger partial charge in [0, 0.05) is 23.2 Å². The molecule has 0 atom stereocenters. The van der Waals surface area contributed by atoms with Crippen LogP contribution in [-0.4, -0.2) is 9.97 Å². The van der Waals surface area contributed by atoms with E-state index in [1.165, 1.54) is 0 Å². The average molecular weight is 305 g/mol. The lowest BCUT2D eigenvalue weighted by atomic mass is 10.2. The first kappa shape index (κ1) is 13.2. The number of nitrogens with zero attached hydrogens (tertiary/aromatic N) is 2. The minimum Gasteiger partial charge on any atom is -0.487 e. The van der Waals surface area contributed by atoms with E-state index >= 15 is 0 Å². The second-order valence-corrected chi connectivity index (χ2v) is 5.05. The summed E-state index contributed by atoms with van der Waals surface area (Å²) in [6, 6.07) is 11.5. The molecule has 0 fully saturated rings. The molecule has 0 aliphatic carbocycles. The molecule has 3 aromatic rings. The van der Waals surface area contributed by atoms with E-state index in [1.807, 2.05) is 30.3 Å². The van der Waals surface area contributed by atoms with Gasteiger partial charge in [-0.1, -0.05) is 41.4 Å². The van der Waals surface area contributed by atoms with Gasteiger partial charge in [-0.2, -0.15) is 0 Å². The normalized spacial score (nSPS) is 10.7. The number of hydrogen-bond donors (Lipinski definition) is 0. The van der Waals surface area contributed by atoms with E-state index in [-0.39, 0.29) is 0 Å². The van der Waals surface area contributed by atoms with E-state index in [0.717, 1.165) is 16.5 Å². The van der Waals surface area contributed by atoms with Crippen LogP contribution in [0.1, 0.15) is 5.56 Å². The second kappa shape index (κ2) is 5.65. The molecule has 0 N–H and O–H groups in total. The van der Waals surface area contributed by atoms with Crippen molar-refractivity contribution >= 4 is 34.1 Å². The molecule has 0 bridgehead atoms. The Morgan fingerprint density at radius 3 is 2.75 bits per heavy atom. The third kappa shape index (κ3) is 2.84. The number of fused-ring (bicyclic) bond motifs is 1. The molecule has 0 saturated heterocycles. The smallest absolute Gasteiger partial charge is 0.139 e.